The number of carbonyl (C=O) groups is 1. The van der Waals surface area contributed by atoms with Gasteiger partial charge in [-0.05, 0) is 36.4 Å². The molecule has 2 aromatic heterocycles. The Labute approximate surface area is 160 Å². The number of nitrogens with zero attached hydrogens (tertiary/aromatic N) is 5. The van der Waals surface area contributed by atoms with Crippen molar-refractivity contribution in [1.29, 1.82) is 0 Å². The minimum Gasteiger partial charge on any atom is -0.352 e. The first kappa shape index (κ1) is 17.9. The van der Waals surface area contributed by atoms with E-state index in [0.29, 0.717) is 26.2 Å². The van der Waals surface area contributed by atoms with E-state index in [2.05, 4.69) is 15.5 Å². The molecule has 7 nitrogen and oxygen atoms in total. The van der Waals surface area contributed by atoms with E-state index in [1.165, 1.54) is 0 Å². The van der Waals surface area contributed by atoms with Crippen molar-refractivity contribution in [2.75, 3.05) is 36.4 Å². The lowest BCUT2D eigenvalue weighted by molar-refractivity contribution is 0.208. The first-order chi connectivity index (χ1) is 13.6. The lowest BCUT2D eigenvalue weighted by Crippen LogP contribution is -2.50. The molecule has 3 aromatic rings. The molecule has 0 aliphatic carbocycles. The summed E-state index contributed by atoms with van der Waals surface area (Å²) in [4.78, 5) is 15.9. The van der Waals surface area contributed by atoms with Crippen molar-refractivity contribution in [3.05, 3.63) is 66.5 Å². The van der Waals surface area contributed by atoms with Gasteiger partial charge in [0.15, 0.2) is 11.6 Å². The second kappa shape index (κ2) is 7.63. The largest absolute Gasteiger partial charge is 0.352 e. The summed E-state index contributed by atoms with van der Waals surface area (Å²) in [5, 5.41) is 10.9. The van der Waals surface area contributed by atoms with Crippen LogP contribution in [0.3, 0.4) is 0 Å². The summed E-state index contributed by atoms with van der Waals surface area (Å²) in [6.07, 6.45) is 3.78. The maximum Gasteiger partial charge on any atom is 0.322 e. The zero-order valence-electron chi connectivity index (χ0n) is 14.9. The third-order valence-corrected chi connectivity index (χ3v) is 4.57. The van der Waals surface area contributed by atoms with Crippen LogP contribution in [0.2, 0.25) is 0 Å². The van der Waals surface area contributed by atoms with E-state index >= 15 is 0 Å². The molecular weight excluding hydrogens is 366 g/mol. The molecule has 3 heterocycles. The van der Waals surface area contributed by atoms with E-state index in [0.717, 1.165) is 29.8 Å². The monoisotopic (exact) mass is 384 g/mol. The highest BCUT2D eigenvalue weighted by atomic mass is 19.1. The number of carbonyl (C=O) groups excluding carboxylic acids is 1. The molecular formula is C19H18F2N6O. The number of hydrogen-bond donors (Lipinski definition) is 1. The van der Waals surface area contributed by atoms with Crippen LogP contribution >= 0.6 is 0 Å². The van der Waals surface area contributed by atoms with Gasteiger partial charge in [0, 0.05) is 44.6 Å². The van der Waals surface area contributed by atoms with Crippen LogP contribution in [0.15, 0.2) is 54.9 Å². The normalized spacial score (nSPS) is 14.2. The molecule has 4 rings (SSSR count). The molecule has 0 atom stereocenters. The number of rotatable bonds is 3. The maximum absolute atomic E-state index is 13.7. The van der Waals surface area contributed by atoms with Crippen LogP contribution in [-0.2, 0) is 0 Å². The zero-order chi connectivity index (χ0) is 19.5. The van der Waals surface area contributed by atoms with Gasteiger partial charge in [-0.25, -0.2) is 13.6 Å². The summed E-state index contributed by atoms with van der Waals surface area (Å²) in [5.41, 5.74) is -0.168. The summed E-state index contributed by atoms with van der Waals surface area (Å²) in [7, 11) is 0. The Kier molecular flexibility index (Phi) is 4.88. The minimum atomic E-state index is -0.675. The summed E-state index contributed by atoms with van der Waals surface area (Å²) in [6.45, 7) is 2.00. The van der Waals surface area contributed by atoms with Gasteiger partial charge in [-0.15, -0.1) is 10.2 Å². The number of nitrogens with one attached hydrogen (secondary N) is 1. The fourth-order valence-electron chi connectivity index (χ4n) is 3.04. The van der Waals surface area contributed by atoms with E-state index in [1.807, 2.05) is 46.1 Å². The molecule has 2 amide bonds. The Bertz CT molecular complexity index is 953. The molecule has 0 unspecified atom stereocenters. The summed E-state index contributed by atoms with van der Waals surface area (Å²) in [5.74, 6) is 0.172. The van der Waals surface area contributed by atoms with Crippen LogP contribution in [0.4, 0.5) is 25.1 Å². The molecule has 1 aromatic carbocycles. The molecule has 0 spiro atoms. The lowest BCUT2D eigenvalue weighted by Gasteiger charge is -2.35. The van der Waals surface area contributed by atoms with Crippen LogP contribution in [0.25, 0.3) is 5.82 Å². The highest BCUT2D eigenvalue weighted by molar-refractivity contribution is 5.89. The molecule has 28 heavy (non-hydrogen) atoms. The van der Waals surface area contributed by atoms with Gasteiger partial charge in [0.1, 0.15) is 11.6 Å². The number of urea groups is 1. The molecule has 1 fully saturated rings. The van der Waals surface area contributed by atoms with E-state index in [-0.39, 0.29) is 5.69 Å². The number of amides is 2. The van der Waals surface area contributed by atoms with Gasteiger partial charge < -0.3 is 19.7 Å². The number of hydrogen-bond acceptors (Lipinski definition) is 4. The van der Waals surface area contributed by atoms with Gasteiger partial charge in [0.2, 0.25) is 0 Å². The molecule has 1 N–H and O–H groups in total. The quantitative estimate of drug-likeness (QED) is 0.754. The highest BCUT2D eigenvalue weighted by Gasteiger charge is 2.23. The molecule has 1 aliphatic heterocycles. The van der Waals surface area contributed by atoms with Crippen LogP contribution in [0.1, 0.15) is 0 Å². The minimum absolute atomic E-state index is 0.168. The van der Waals surface area contributed by atoms with Gasteiger partial charge in [0.05, 0.1) is 5.69 Å². The third kappa shape index (κ3) is 3.78. The first-order valence-electron chi connectivity index (χ1n) is 8.83. The van der Waals surface area contributed by atoms with Crippen molar-refractivity contribution >= 4 is 17.5 Å². The molecule has 0 saturated carbocycles. The Morgan fingerprint density at radius 2 is 1.61 bits per heavy atom. The van der Waals surface area contributed by atoms with Gasteiger partial charge in [-0.3, -0.25) is 0 Å². The Hall–Kier alpha value is -3.49. The number of benzene rings is 1. The summed E-state index contributed by atoms with van der Waals surface area (Å²) in [6, 6.07) is 10.1. The Morgan fingerprint density at radius 1 is 0.929 bits per heavy atom. The number of piperazine rings is 1. The molecule has 0 bridgehead atoms. The first-order valence-corrected chi connectivity index (χ1v) is 8.83. The lowest BCUT2D eigenvalue weighted by atomic mass is 10.3. The summed E-state index contributed by atoms with van der Waals surface area (Å²) < 4.78 is 28.8. The Morgan fingerprint density at radius 3 is 2.29 bits per heavy atom. The molecule has 0 radical (unpaired) electrons. The smallest absolute Gasteiger partial charge is 0.322 e. The van der Waals surface area contributed by atoms with Gasteiger partial charge in [0.25, 0.3) is 0 Å². The third-order valence-electron chi connectivity index (χ3n) is 4.57. The average molecular weight is 384 g/mol. The van der Waals surface area contributed by atoms with Crippen LogP contribution in [0.5, 0.6) is 0 Å². The number of anilines is 2. The van der Waals surface area contributed by atoms with Crippen LogP contribution < -0.4 is 10.2 Å². The van der Waals surface area contributed by atoms with Crippen molar-refractivity contribution in [3.8, 4) is 5.82 Å². The summed E-state index contributed by atoms with van der Waals surface area (Å²) >= 11 is 0. The fraction of sp³-hybridized carbons (Fsp3) is 0.211. The van der Waals surface area contributed by atoms with Crippen molar-refractivity contribution in [1.82, 2.24) is 19.7 Å². The van der Waals surface area contributed by atoms with Gasteiger partial charge in [-0.1, -0.05) is 0 Å². The number of aromatic nitrogens is 3. The predicted molar refractivity (Wildman–Crippen MR) is 101 cm³/mol. The van der Waals surface area contributed by atoms with Crippen molar-refractivity contribution in [2.45, 2.75) is 0 Å². The standard InChI is InChI=1S/C19H18F2N6O/c20-14-3-4-15(21)16(13-14)22-19(28)27-11-9-26(10-12-27)18-6-5-17(23-24-18)25-7-1-2-8-25/h1-8,13H,9-12H2,(H,22,28). The van der Waals surface area contributed by atoms with E-state index in [1.54, 1.807) is 4.90 Å². The molecule has 1 aliphatic rings. The zero-order valence-corrected chi connectivity index (χ0v) is 14.9. The molecule has 9 heteroatoms. The van der Waals surface area contributed by atoms with Crippen molar-refractivity contribution in [2.24, 2.45) is 0 Å². The van der Waals surface area contributed by atoms with Crippen molar-refractivity contribution < 1.29 is 13.6 Å². The SMILES string of the molecule is O=C(Nc1cc(F)ccc1F)N1CCN(c2ccc(-n3cccc3)nn2)CC1. The average Bonchev–Trinajstić information content (AvgIpc) is 3.26. The second-order valence-corrected chi connectivity index (χ2v) is 6.37. The van der Waals surface area contributed by atoms with E-state index in [4.69, 9.17) is 0 Å². The van der Waals surface area contributed by atoms with E-state index in [9.17, 15) is 13.6 Å². The molecule has 144 valence electrons. The van der Waals surface area contributed by atoms with Crippen LogP contribution in [-0.4, -0.2) is 51.9 Å². The topological polar surface area (TPSA) is 66.3 Å². The highest BCUT2D eigenvalue weighted by Crippen LogP contribution is 2.18. The fourth-order valence-corrected chi connectivity index (χ4v) is 3.04. The van der Waals surface area contributed by atoms with Gasteiger partial charge >= 0.3 is 6.03 Å². The predicted octanol–water partition coefficient (Wildman–Crippen LogP) is 2.90. The van der Waals surface area contributed by atoms with Crippen LogP contribution in [0, 0.1) is 11.6 Å². The maximum atomic E-state index is 13.7. The van der Waals surface area contributed by atoms with Gasteiger partial charge in [-0.2, -0.15) is 0 Å². The Balaban J connectivity index is 1.35. The number of halogens is 2. The second-order valence-electron chi connectivity index (χ2n) is 6.37. The van der Waals surface area contributed by atoms with E-state index < -0.39 is 17.7 Å². The molecule has 1 saturated heterocycles. The van der Waals surface area contributed by atoms with Crippen molar-refractivity contribution in [3.63, 3.8) is 0 Å².